The second kappa shape index (κ2) is 8.59. The van der Waals surface area contributed by atoms with Gasteiger partial charge in [0.15, 0.2) is 6.61 Å². The van der Waals surface area contributed by atoms with Crippen molar-refractivity contribution in [3.8, 4) is 11.8 Å². The zero-order chi connectivity index (χ0) is 17.4. The minimum absolute atomic E-state index is 0.00245. The highest BCUT2D eigenvalue weighted by atomic mass is 16.5. The lowest BCUT2D eigenvalue weighted by molar-refractivity contribution is -0.122. The highest BCUT2D eigenvalue weighted by Crippen LogP contribution is 2.23. The van der Waals surface area contributed by atoms with Crippen LogP contribution in [0.1, 0.15) is 31.0 Å². The van der Waals surface area contributed by atoms with Crippen LogP contribution in [0, 0.1) is 11.3 Å². The summed E-state index contributed by atoms with van der Waals surface area (Å²) in [5.74, 6) is 0.500. The Kier molecular flexibility index (Phi) is 6.21. The van der Waals surface area contributed by atoms with Gasteiger partial charge in [-0.05, 0) is 43.7 Å². The standard InChI is InChI=1S/C19H21N3O2/c1-3-21-19(23)13-24-18-6-4-5-17(11-18)22-14(2)16-9-7-15(12-20)8-10-16/h4-11,14,22H,3,13H2,1-2H3,(H,21,23)/t14-/m0/s1. The van der Waals surface area contributed by atoms with E-state index < -0.39 is 0 Å². The van der Waals surface area contributed by atoms with Crippen LogP contribution in [-0.4, -0.2) is 19.1 Å². The van der Waals surface area contributed by atoms with Gasteiger partial charge in [-0.25, -0.2) is 0 Å². The number of nitrogens with one attached hydrogen (secondary N) is 2. The average Bonchev–Trinajstić information content (AvgIpc) is 2.60. The maximum Gasteiger partial charge on any atom is 0.257 e. The van der Waals surface area contributed by atoms with Crippen molar-refractivity contribution in [2.24, 2.45) is 0 Å². The maximum atomic E-state index is 11.4. The summed E-state index contributed by atoms with van der Waals surface area (Å²) in [4.78, 5) is 11.4. The molecule has 0 aliphatic carbocycles. The summed E-state index contributed by atoms with van der Waals surface area (Å²) in [6.07, 6.45) is 0. The molecule has 2 aromatic carbocycles. The first kappa shape index (κ1) is 17.4. The van der Waals surface area contributed by atoms with Crippen LogP contribution in [-0.2, 0) is 4.79 Å². The van der Waals surface area contributed by atoms with Gasteiger partial charge >= 0.3 is 0 Å². The van der Waals surface area contributed by atoms with E-state index in [1.54, 1.807) is 12.1 Å². The highest BCUT2D eigenvalue weighted by Gasteiger charge is 2.07. The average molecular weight is 323 g/mol. The van der Waals surface area contributed by atoms with E-state index in [9.17, 15) is 4.79 Å². The van der Waals surface area contributed by atoms with Gasteiger partial charge in [-0.15, -0.1) is 0 Å². The largest absolute Gasteiger partial charge is 0.484 e. The van der Waals surface area contributed by atoms with Gasteiger partial charge in [-0.2, -0.15) is 5.26 Å². The van der Waals surface area contributed by atoms with Gasteiger partial charge in [0.2, 0.25) is 0 Å². The molecule has 5 heteroatoms. The smallest absolute Gasteiger partial charge is 0.257 e. The van der Waals surface area contributed by atoms with Crippen LogP contribution in [0.5, 0.6) is 5.75 Å². The van der Waals surface area contributed by atoms with E-state index in [4.69, 9.17) is 10.00 Å². The zero-order valence-electron chi connectivity index (χ0n) is 13.9. The van der Waals surface area contributed by atoms with E-state index >= 15 is 0 Å². The number of rotatable bonds is 7. The molecule has 0 aliphatic heterocycles. The number of anilines is 1. The van der Waals surface area contributed by atoms with Gasteiger partial charge in [0.05, 0.1) is 11.6 Å². The first-order chi connectivity index (χ1) is 11.6. The topological polar surface area (TPSA) is 74.2 Å². The van der Waals surface area contributed by atoms with E-state index in [0.717, 1.165) is 11.3 Å². The van der Waals surface area contributed by atoms with E-state index in [2.05, 4.69) is 16.7 Å². The number of hydrogen-bond donors (Lipinski definition) is 2. The fraction of sp³-hybridized carbons (Fsp3) is 0.263. The molecule has 0 unspecified atom stereocenters. The SMILES string of the molecule is CCNC(=O)COc1cccc(N[C@@H](C)c2ccc(C#N)cc2)c1. The molecule has 1 atom stereocenters. The van der Waals surface area contributed by atoms with E-state index in [1.165, 1.54) is 0 Å². The minimum atomic E-state index is -0.137. The predicted molar refractivity (Wildman–Crippen MR) is 93.8 cm³/mol. The Balaban J connectivity index is 1.97. The number of nitriles is 1. The first-order valence-corrected chi connectivity index (χ1v) is 7.88. The van der Waals surface area contributed by atoms with Crippen LogP contribution in [0.4, 0.5) is 5.69 Å². The number of amides is 1. The molecule has 0 bridgehead atoms. The molecular formula is C19H21N3O2. The third-order valence-electron chi connectivity index (χ3n) is 3.50. The number of hydrogen-bond acceptors (Lipinski definition) is 4. The Hall–Kier alpha value is -3.00. The highest BCUT2D eigenvalue weighted by molar-refractivity contribution is 5.77. The molecule has 0 spiro atoms. The number of carbonyl (C=O) groups is 1. The Morgan fingerprint density at radius 1 is 1.25 bits per heavy atom. The molecule has 0 aliphatic rings. The molecule has 2 aromatic rings. The van der Waals surface area contributed by atoms with Crippen LogP contribution in [0.15, 0.2) is 48.5 Å². The van der Waals surface area contributed by atoms with Crippen molar-refractivity contribution in [1.82, 2.24) is 5.32 Å². The van der Waals surface area contributed by atoms with Gasteiger partial charge in [-0.1, -0.05) is 18.2 Å². The molecule has 24 heavy (non-hydrogen) atoms. The van der Waals surface area contributed by atoms with E-state index in [1.807, 2.05) is 50.2 Å². The molecule has 0 saturated carbocycles. The fourth-order valence-electron chi connectivity index (χ4n) is 2.25. The van der Waals surface area contributed by atoms with Gasteiger partial charge < -0.3 is 15.4 Å². The van der Waals surface area contributed by atoms with Gasteiger partial charge in [0.1, 0.15) is 5.75 Å². The van der Waals surface area contributed by atoms with Crippen molar-refractivity contribution in [3.05, 3.63) is 59.7 Å². The Morgan fingerprint density at radius 2 is 2.00 bits per heavy atom. The molecule has 0 radical (unpaired) electrons. The lowest BCUT2D eigenvalue weighted by Crippen LogP contribution is -2.28. The molecule has 0 heterocycles. The monoisotopic (exact) mass is 323 g/mol. The van der Waals surface area contributed by atoms with Crippen LogP contribution in [0.2, 0.25) is 0 Å². The summed E-state index contributed by atoms with van der Waals surface area (Å²) in [6, 6.07) is 17.2. The predicted octanol–water partition coefficient (Wildman–Crippen LogP) is 3.25. The Bertz CT molecular complexity index is 720. The van der Waals surface area contributed by atoms with Crippen molar-refractivity contribution < 1.29 is 9.53 Å². The lowest BCUT2D eigenvalue weighted by atomic mass is 10.1. The van der Waals surface area contributed by atoms with Crippen molar-refractivity contribution in [3.63, 3.8) is 0 Å². The van der Waals surface area contributed by atoms with Crippen LogP contribution in [0.3, 0.4) is 0 Å². The molecular weight excluding hydrogens is 302 g/mol. The first-order valence-electron chi connectivity index (χ1n) is 7.88. The number of benzene rings is 2. The summed E-state index contributed by atoms with van der Waals surface area (Å²) in [5.41, 5.74) is 2.63. The summed E-state index contributed by atoms with van der Waals surface area (Å²) >= 11 is 0. The molecule has 2 rings (SSSR count). The third kappa shape index (κ3) is 5.03. The van der Waals surface area contributed by atoms with Crippen LogP contribution >= 0.6 is 0 Å². The van der Waals surface area contributed by atoms with Crippen molar-refractivity contribution in [2.45, 2.75) is 19.9 Å². The summed E-state index contributed by atoms with van der Waals surface area (Å²) in [6.45, 7) is 4.50. The van der Waals surface area contributed by atoms with Crippen LogP contribution < -0.4 is 15.4 Å². The maximum absolute atomic E-state index is 11.4. The van der Waals surface area contributed by atoms with Gasteiger partial charge in [-0.3, -0.25) is 4.79 Å². The summed E-state index contributed by atoms with van der Waals surface area (Å²) in [5, 5.41) is 14.9. The molecule has 0 saturated heterocycles. The van der Waals surface area contributed by atoms with Crippen molar-refractivity contribution >= 4 is 11.6 Å². The Morgan fingerprint density at radius 3 is 2.67 bits per heavy atom. The molecule has 0 aromatic heterocycles. The summed E-state index contributed by atoms with van der Waals surface area (Å²) < 4.78 is 5.49. The number of nitrogens with zero attached hydrogens (tertiary/aromatic N) is 1. The fourth-order valence-corrected chi connectivity index (χ4v) is 2.25. The van der Waals surface area contributed by atoms with E-state index in [-0.39, 0.29) is 18.6 Å². The number of carbonyl (C=O) groups excluding carboxylic acids is 1. The quantitative estimate of drug-likeness (QED) is 0.820. The minimum Gasteiger partial charge on any atom is -0.484 e. The third-order valence-corrected chi connectivity index (χ3v) is 3.50. The second-order valence-electron chi connectivity index (χ2n) is 5.37. The molecule has 124 valence electrons. The summed E-state index contributed by atoms with van der Waals surface area (Å²) in [7, 11) is 0. The Labute approximate surface area is 142 Å². The molecule has 2 N–H and O–H groups in total. The van der Waals surface area contributed by atoms with Gasteiger partial charge in [0.25, 0.3) is 5.91 Å². The normalized spacial score (nSPS) is 11.2. The van der Waals surface area contributed by atoms with E-state index in [0.29, 0.717) is 17.9 Å². The van der Waals surface area contributed by atoms with Crippen molar-refractivity contribution in [1.29, 1.82) is 5.26 Å². The number of likely N-dealkylation sites (N-methyl/N-ethyl adjacent to an activating group) is 1. The van der Waals surface area contributed by atoms with Crippen LogP contribution in [0.25, 0.3) is 0 Å². The lowest BCUT2D eigenvalue weighted by Gasteiger charge is -2.16. The molecule has 0 fully saturated rings. The number of ether oxygens (including phenoxy) is 1. The zero-order valence-corrected chi connectivity index (χ0v) is 13.9. The molecule has 5 nitrogen and oxygen atoms in total. The van der Waals surface area contributed by atoms with Gasteiger partial charge in [0, 0.05) is 24.3 Å². The second-order valence-corrected chi connectivity index (χ2v) is 5.37. The van der Waals surface area contributed by atoms with Crippen molar-refractivity contribution in [2.75, 3.05) is 18.5 Å². The molecule has 1 amide bonds.